The van der Waals surface area contributed by atoms with Gasteiger partial charge >= 0.3 is 0 Å². The summed E-state index contributed by atoms with van der Waals surface area (Å²) in [5.74, 6) is 0.601. The highest BCUT2D eigenvalue weighted by Crippen LogP contribution is 2.29. The normalized spacial score (nSPS) is 27.4. The SMILES string of the molecule is Cc1cnccc1N1CCN(C[C@@]2(O)CCCN(CC3CCCCC3)C2=O)CC1. The molecule has 1 atom stereocenters. The number of piperidine rings is 1. The van der Waals surface area contributed by atoms with Crippen LogP contribution >= 0.6 is 0 Å². The first-order valence-electron chi connectivity index (χ1n) is 11.4. The fraction of sp³-hybridized carbons (Fsp3) is 0.739. The minimum Gasteiger partial charge on any atom is -0.379 e. The van der Waals surface area contributed by atoms with Gasteiger partial charge in [0, 0.05) is 63.9 Å². The molecule has 2 aliphatic heterocycles. The second-order valence-electron chi connectivity index (χ2n) is 9.32. The van der Waals surface area contributed by atoms with E-state index in [1.165, 1.54) is 43.4 Å². The van der Waals surface area contributed by atoms with Crippen LogP contribution in [0.2, 0.25) is 0 Å². The Morgan fingerprint density at radius 3 is 2.59 bits per heavy atom. The summed E-state index contributed by atoms with van der Waals surface area (Å²) in [6.45, 7) is 7.81. The van der Waals surface area contributed by atoms with Crippen LogP contribution in [-0.4, -0.2) is 77.2 Å². The molecule has 29 heavy (non-hydrogen) atoms. The van der Waals surface area contributed by atoms with Gasteiger partial charge in [-0.25, -0.2) is 0 Å². The van der Waals surface area contributed by atoms with Gasteiger partial charge in [-0.2, -0.15) is 0 Å². The second-order valence-corrected chi connectivity index (χ2v) is 9.32. The number of carbonyl (C=O) groups is 1. The number of rotatable bonds is 5. The van der Waals surface area contributed by atoms with Crippen LogP contribution in [0.15, 0.2) is 18.5 Å². The molecule has 0 bridgehead atoms. The number of hydrogen-bond acceptors (Lipinski definition) is 5. The van der Waals surface area contributed by atoms with E-state index in [2.05, 4.69) is 27.8 Å². The summed E-state index contributed by atoms with van der Waals surface area (Å²) in [7, 11) is 0. The van der Waals surface area contributed by atoms with Crippen LogP contribution in [0.1, 0.15) is 50.5 Å². The molecule has 1 saturated carbocycles. The van der Waals surface area contributed by atoms with Gasteiger partial charge in [-0.05, 0) is 50.2 Å². The highest BCUT2D eigenvalue weighted by molar-refractivity contribution is 5.86. The zero-order chi connectivity index (χ0) is 20.3. The number of aryl methyl sites for hydroxylation is 1. The summed E-state index contributed by atoms with van der Waals surface area (Å²) in [4.78, 5) is 24.0. The van der Waals surface area contributed by atoms with Crippen LogP contribution in [0.4, 0.5) is 5.69 Å². The molecule has 2 saturated heterocycles. The monoisotopic (exact) mass is 400 g/mol. The highest BCUT2D eigenvalue weighted by atomic mass is 16.3. The predicted molar refractivity (Wildman–Crippen MR) is 115 cm³/mol. The minimum absolute atomic E-state index is 0.0262. The Morgan fingerprint density at radius 1 is 1.10 bits per heavy atom. The minimum atomic E-state index is -1.21. The zero-order valence-electron chi connectivity index (χ0n) is 17.9. The number of aliphatic hydroxyl groups is 1. The lowest BCUT2D eigenvalue weighted by Crippen LogP contribution is -2.61. The van der Waals surface area contributed by atoms with Crippen molar-refractivity contribution in [1.29, 1.82) is 0 Å². The third-order valence-electron chi connectivity index (χ3n) is 7.10. The van der Waals surface area contributed by atoms with E-state index in [1.54, 1.807) is 0 Å². The van der Waals surface area contributed by atoms with Crippen LogP contribution in [-0.2, 0) is 4.79 Å². The Bertz CT molecular complexity index is 698. The number of carbonyl (C=O) groups excluding carboxylic acids is 1. The molecule has 3 aliphatic rings. The van der Waals surface area contributed by atoms with E-state index in [9.17, 15) is 9.90 Å². The predicted octanol–water partition coefficient (Wildman–Crippen LogP) is 2.45. The molecule has 0 spiro atoms. The van der Waals surface area contributed by atoms with E-state index in [0.29, 0.717) is 18.9 Å². The third kappa shape index (κ3) is 4.75. The molecular formula is C23H36N4O2. The van der Waals surface area contributed by atoms with Crippen molar-refractivity contribution in [1.82, 2.24) is 14.8 Å². The molecule has 3 heterocycles. The van der Waals surface area contributed by atoms with Gasteiger partial charge in [-0.3, -0.25) is 14.7 Å². The topological polar surface area (TPSA) is 59.9 Å². The van der Waals surface area contributed by atoms with Gasteiger partial charge in [0.25, 0.3) is 5.91 Å². The molecule has 1 N–H and O–H groups in total. The van der Waals surface area contributed by atoms with E-state index in [0.717, 1.165) is 45.7 Å². The first kappa shape index (κ1) is 20.6. The van der Waals surface area contributed by atoms with Gasteiger partial charge in [0.2, 0.25) is 0 Å². The number of amides is 1. The smallest absolute Gasteiger partial charge is 0.255 e. The maximum absolute atomic E-state index is 13.2. The number of hydrogen-bond donors (Lipinski definition) is 1. The molecule has 1 aliphatic carbocycles. The van der Waals surface area contributed by atoms with Crippen LogP contribution in [0, 0.1) is 12.8 Å². The largest absolute Gasteiger partial charge is 0.379 e. The molecule has 6 nitrogen and oxygen atoms in total. The fourth-order valence-electron chi connectivity index (χ4n) is 5.41. The summed E-state index contributed by atoms with van der Waals surface area (Å²) in [5.41, 5.74) is 1.23. The highest BCUT2D eigenvalue weighted by Gasteiger charge is 2.44. The maximum atomic E-state index is 13.2. The Kier molecular flexibility index (Phi) is 6.40. The quantitative estimate of drug-likeness (QED) is 0.823. The second kappa shape index (κ2) is 9.00. The van der Waals surface area contributed by atoms with Crippen molar-refractivity contribution in [2.75, 3.05) is 50.7 Å². The first-order chi connectivity index (χ1) is 14.0. The van der Waals surface area contributed by atoms with Gasteiger partial charge in [-0.1, -0.05) is 19.3 Å². The number of aromatic nitrogens is 1. The number of anilines is 1. The maximum Gasteiger partial charge on any atom is 0.255 e. The lowest BCUT2D eigenvalue weighted by atomic mass is 9.86. The van der Waals surface area contributed by atoms with E-state index < -0.39 is 5.60 Å². The van der Waals surface area contributed by atoms with Crippen LogP contribution in [0.5, 0.6) is 0 Å². The van der Waals surface area contributed by atoms with Crippen LogP contribution < -0.4 is 4.90 Å². The molecule has 0 unspecified atom stereocenters. The third-order valence-corrected chi connectivity index (χ3v) is 7.10. The van der Waals surface area contributed by atoms with Crippen LogP contribution in [0.3, 0.4) is 0 Å². The molecule has 160 valence electrons. The van der Waals surface area contributed by atoms with E-state index in [-0.39, 0.29) is 5.91 Å². The molecular weight excluding hydrogens is 364 g/mol. The summed E-state index contributed by atoms with van der Waals surface area (Å²) >= 11 is 0. The van der Waals surface area contributed by atoms with Crippen molar-refractivity contribution >= 4 is 11.6 Å². The fourth-order valence-corrected chi connectivity index (χ4v) is 5.41. The number of β-amino-alcohol motifs (C(OH)–C–C–N with tert-alkyl or cyclic N) is 1. The number of likely N-dealkylation sites (tertiary alicyclic amines) is 1. The molecule has 1 amide bonds. The number of nitrogens with zero attached hydrogens (tertiary/aromatic N) is 4. The summed E-state index contributed by atoms with van der Waals surface area (Å²) in [6, 6.07) is 2.08. The Labute approximate surface area is 174 Å². The summed E-state index contributed by atoms with van der Waals surface area (Å²) < 4.78 is 0. The summed E-state index contributed by atoms with van der Waals surface area (Å²) in [6.07, 6.45) is 11.6. The lowest BCUT2D eigenvalue weighted by Gasteiger charge is -2.44. The summed E-state index contributed by atoms with van der Waals surface area (Å²) in [5, 5.41) is 11.3. The standard InChI is InChI=1S/C23H36N4O2/c1-19-16-24-10-8-21(19)26-14-12-25(13-15-26)18-23(29)9-5-11-27(22(23)28)17-20-6-3-2-4-7-20/h8,10,16,20,29H,2-7,9,11-15,17-18H2,1H3/t23-/m0/s1. The van der Waals surface area contributed by atoms with Gasteiger partial charge in [0.05, 0.1) is 0 Å². The zero-order valence-corrected chi connectivity index (χ0v) is 17.9. The Morgan fingerprint density at radius 2 is 1.86 bits per heavy atom. The van der Waals surface area contributed by atoms with E-state index >= 15 is 0 Å². The van der Waals surface area contributed by atoms with Gasteiger partial charge < -0.3 is 14.9 Å². The van der Waals surface area contributed by atoms with Crippen molar-refractivity contribution in [2.45, 2.75) is 57.5 Å². The molecule has 6 heteroatoms. The average Bonchev–Trinajstić information content (AvgIpc) is 2.73. The lowest BCUT2D eigenvalue weighted by molar-refractivity contribution is -0.160. The van der Waals surface area contributed by atoms with Crippen molar-refractivity contribution in [3.8, 4) is 0 Å². The van der Waals surface area contributed by atoms with Crippen molar-refractivity contribution in [3.63, 3.8) is 0 Å². The van der Waals surface area contributed by atoms with Crippen molar-refractivity contribution < 1.29 is 9.90 Å². The molecule has 1 aromatic heterocycles. The molecule has 4 rings (SSSR count). The number of piperazine rings is 1. The number of pyridine rings is 1. The van der Waals surface area contributed by atoms with Crippen LogP contribution in [0.25, 0.3) is 0 Å². The molecule has 3 fully saturated rings. The van der Waals surface area contributed by atoms with Gasteiger partial charge in [0.1, 0.15) is 0 Å². The molecule has 0 radical (unpaired) electrons. The van der Waals surface area contributed by atoms with Crippen molar-refractivity contribution in [2.24, 2.45) is 5.92 Å². The Hall–Kier alpha value is -1.66. The van der Waals surface area contributed by atoms with E-state index in [4.69, 9.17) is 0 Å². The Balaban J connectivity index is 1.32. The first-order valence-corrected chi connectivity index (χ1v) is 11.4. The average molecular weight is 401 g/mol. The molecule has 1 aromatic rings. The molecule has 0 aromatic carbocycles. The van der Waals surface area contributed by atoms with Gasteiger partial charge in [0.15, 0.2) is 5.60 Å². The van der Waals surface area contributed by atoms with Crippen molar-refractivity contribution in [3.05, 3.63) is 24.0 Å². The van der Waals surface area contributed by atoms with E-state index in [1.807, 2.05) is 17.3 Å². The van der Waals surface area contributed by atoms with Gasteiger partial charge in [-0.15, -0.1) is 0 Å².